The van der Waals surface area contributed by atoms with Gasteiger partial charge in [0.1, 0.15) is 11.0 Å². The molecule has 0 aliphatic carbocycles. The van der Waals surface area contributed by atoms with Crippen molar-refractivity contribution >= 4 is 23.4 Å². The van der Waals surface area contributed by atoms with Gasteiger partial charge in [-0.15, -0.1) is 0 Å². The molecular weight excluding hydrogens is 334 g/mol. The number of aryl methyl sites for hydroxylation is 1. The molecule has 0 saturated carbocycles. The fourth-order valence-corrected chi connectivity index (χ4v) is 2.59. The first-order valence-corrected chi connectivity index (χ1v) is 8.07. The van der Waals surface area contributed by atoms with Crippen LogP contribution < -0.4 is 4.90 Å². The third kappa shape index (κ3) is 3.49. The maximum absolute atomic E-state index is 11.9. The van der Waals surface area contributed by atoms with Crippen molar-refractivity contribution in [3.8, 4) is 5.95 Å². The number of anilines is 1. The number of nitrogens with zero attached hydrogens (tertiary/aromatic N) is 5. The summed E-state index contributed by atoms with van der Waals surface area (Å²) in [6.07, 6.45) is 1.68. The quantitative estimate of drug-likeness (QED) is 0.611. The first kappa shape index (κ1) is 16.7. The number of hydrogen-bond donors (Lipinski definition) is 0. The van der Waals surface area contributed by atoms with Gasteiger partial charge in [-0.3, -0.25) is 0 Å². The summed E-state index contributed by atoms with van der Waals surface area (Å²) in [5, 5.41) is 4.55. The zero-order chi connectivity index (χ0) is 17.1. The van der Waals surface area contributed by atoms with Crippen LogP contribution >= 0.6 is 11.6 Å². The zero-order valence-corrected chi connectivity index (χ0v) is 14.3. The van der Waals surface area contributed by atoms with E-state index in [1.165, 1.54) is 4.68 Å². The van der Waals surface area contributed by atoms with Gasteiger partial charge < -0.3 is 14.4 Å². The lowest BCUT2D eigenvalue weighted by Crippen LogP contribution is -2.37. The maximum atomic E-state index is 11.9. The minimum absolute atomic E-state index is 0.244. The van der Waals surface area contributed by atoms with Gasteiger partial charge in [-0.05, 0) is 13.8 Å². The van der Waals surface area contributed by atoms with Crippen molar-refractivity contribution in [3.63, 3.8) is 0 Å². The summed E-state index contributed by atoms with van der Waals surface area (Å²) < 4.78 is 11.8. The van der Waals surface area contributed by atoms with E-state index in [1.807, 2.05) is 0 Å². The highest BCUT2D eigenvalue weighted by atomic mass is 35.5. The van der Waals surface area contributed by atoms with Gasteiger partial charge in [-0.1, -0.05) is 11.6 Å². The largest absolute Gasteiger partial charge is 0.461 e. The summed E-state index contributed by atoms with van der Waals surface area (Å²) in [7, 11) is 0. The Morgan fingerprint density at radius 1 is 1.38 bits per heavy atom. The summed E-state index contributed by atoms with van der Waals surface area (Å²) in [5.74, 6) is 0.547. The fraction of sp³-hybridized carbons (Fsp3) is 0.467. The Morgan fingerprint density at radius 2 is 2.12 bits per heavy atom. The third-order valence-corrected chi connectivity index (χ3v) is 3.77. The number of carbonyl (C=O) groups excluding carboxylic acids is 1. The molecule has 24 heavy (non-hydrogen) atoms. The second kappa shape index (κ2) is 7.14. The zero-order valence-electron chi connectivity index (χ0n) is 13.5. The fourth-order valence-electron chi connectivity index (χ4n) is 2.41. The summed E-state index contributed by atoms with van der Waals surface area (Å²) in [6.45, 7) is 6.58. The molecule has 3 heterocycles. The Balaban J connectivity index is 1.93. The first-order chi connectivity index (χ1) is 11.6. The van der Waals surface area contributed by atoms with E-state index in [9.17, 15) is 4.79 Å². The minimum atomic E-state index is -0.468. The van der Waals surface area contributed by atoms with E-state index in [4.69, 9.17) is 21.1 Å². The molecule has 0 radical (unpaired) electrons. The van der Waals surface area contributed by atoms with Crippen molar-refractivity contribution in [2.75, 3.05) is 37.8 Å². The van der Waals surface area contributed by atoms with Crippen LogP contribution in [0.4, 0.5) is 5.82 Å². The molecule has 1 aliphatic rings. The average molecular weight is 352 g/mol. The van der Waals surface area contributed by atoms with Crippen LogP contribution in [0.5, 0.6) is 0 Å². The van der Waals surface area contributed by atoms with Crippen molar-refractivity contribution in [2.45, 2.75) is 13.8 Å². The molecule has 3 rings (SSSR count). The molecule has 1 aliphatic heterocycles. The van der Waals surface area contributed by atoms with Crippen molar-refractivity contribution in [3.05, 3.63) is 28.7 Å². The summed E-state index contributed by atoms with van der Waals surface area (Å²) in [6, 6.07) is 1.71. The average Bonchev–Trinajstić information content (AvgIpc) is 2.97. The third-order valence-electron chi connectivity index (χ3n) is 3.58. The number of ether oxygens (including phenoxy) is 2. The topological polar surface area (TPSA) is 82.4 Å². The standard InChI is InChI=1S/C15H18ClN5O3/c1-3-24-14(22)13-10(2)9-21(19-13)15-17-11(16)8-12(18-15)20-4-6-23-7-5-20/h8-9H,3-7H2,1-2H3. The molecule has 0 unspecified atom stereocenters. The Morgan fingerprint density at radius 3 is 2.83 bits per heavy atom. The van der Waals surface area contributed by atoms with Crippen LogP contribution in [0.25, 0.3) is 5.95 Å². The number of morpholine rings is 1. The number of carbonyl (C=O) groups is 1. The monoisotopic (exact) mass is 351 g/mol. The van der Waals surface area contributed by atoms with E-state index in [-0.39, 0.29) is 5.69 Å². The lowest BCUT2D eigenvalue weighted by molar-refractivity contribution is 0.0518. The van der Waals surface area contributed by atoms with Crippen LogP contribution in [0.2, 0.25) is 5.15 Å². The molecule has 0 amide bonds. The molecule has 0 N–H and O–H groups in total. The van der Waals surface area contributed by atoms with Crippen LogP contribution in [0.1, 0.15) is 23.0 Å². The predicted molar refractivity (Wildman–Crippen MR) is 87.9 cm³/mol. The van der Waals surface area contributed by atoms with Crippen LogP contribution in [0.3, 0.4) is 0 Å². The van der Waals surface area contributed by atoms with E-state index < -0.39 is 5.97 Å². The number of rotatable bonds is 4. The van der Waals surface area contributed by atoms with Gasteiger partial charge in [0.15, 0.2) is 5.69 Å². The predicted octanol–water partition coefficient (Wildman–Crippen LogP) is 1.64. The molecule has 9 heteroatoms. The van der Waals surface area contributed by atoms with E-state index in [1.54, 1.807) is 26.1 Å². The van der Waals surface area contributed by atoms with Gasteiger partial charge in [-0.2, -0.15) is 15.1 Å². The highest BCUT2D eigenvalue weighted by Crippen LogP contribution is 2.19. The molecule has 8 nitrogen and oxygen atoms in total. The molecule has 2 aromatic rings. The molecule has 1 saturated heterocycles. The Bertz CT molecular complexity index is 743. The highest BCUT2D eigenvalue weighted by molar-refractivity contribution is 6.29. The van der Waals surface area contributed by atoms with Gasteiger partial charge >= 0.3 is 5.97 Å². The second-order valence-corrected chi connectivity index (χ2v) is 5.66. The number of hydrogen-bond acceptors (Lipinski definition) is 7. The molecule has 1 fully saturated rings. The Hall–Kier alpha value is -2.19. The van der Waals surface area contributed by atoms with Crippen molar-refractivity contribution < 1.29 is 14.3 Å². The van der Waals surface area contributed by atoms with Gasteiger partial charge in [0.25, 0.3) is 5.95 Å². The van der Waals surface area contributed by atoms with Crippen molar-refractivity contribution in [2.24, 2.45) is 0 Å². The van der Waals surface area contributed by atoms with Gasteiger partial charge in [0.2, 0.25) is 0 Å². The smallest absolute Gasteiger partial charge is 0.359 e. The van der Waals surface area contributed by atoms with Crippen molar-refractivity contribution in [1.29, 1.82) is 0 Å². The van der Waals surface area contributed by atoms with Crippen LogP contribution in [0.15, 0.2) is 12.3 Å². The summed E-state index contributed by atoms with van der Waals surface area (Å²) in [4.78, 5) is 22.7. The van der Waals surface area contributed by atoms with Gasteiger partial charge in [-0.25, -0.2) is 9.48 Å². The first-order valence-electron chi connectivity index (χ1n) is 7.69. The number of esters is 1. The van der Waals surface area contributed by atoms with E-state index in [2.05, 4.69) is 20.0 Å². The van der Waals surface area contributed by atoms with Gasteiger partial charge in [0.05, 0.1) is 19.8 Å². The highest BCUT2D eigenvalue weighted by Gasteiger charge is 2.19. The molecule has 128 valence electrons. The minimum Gasteiger partial charge on any atom is -0.461 e. The lowest BCUT2D eigenvalue weighted by Gasteiger charge is -2.27. The molecule has 0 bridgehead atoms. The summed E-state index contributed by atoms with van der Waals surface area (Å²) >= 11 is 6.14. The maximum Gasteiger partial charge on any atom is 0.359 e. The molecule has 2 aromatic heterocycles. The summed E-state index contributed by atoms with van der Waals surface area (Å²) in [5.41, 5.74) is 0.929. The number of aromatic nitrogens is 4. The molecule has 0 atom stereocenters. The van der Waals surface area contributed by atoms with Crippen molar-refractivity contribution in [1.82, 2.24) is 19.7 Å². The molecular formula is C15H18ClN5O3. The Kier molecular flexibility index (Phi) is 4.96. The van der Waals surface area contributed by atoms with Crippen LogP contribution in [-0.2, 0) is 9.47 Å². The second-order valence-electron chi connectivity index (χ2n) is 5.27. The van der Waals surface area contributed by atoms with E-state index >= 15 is 0 Å². The van der Waals surface area contributed by atoms with E-state index in [0.717, 1.165) is 13.1 Å². The Labute approximate surface area is 144 Å². The molecule has 0 spiro atoms. The van der Waals surface area contributed by atoms with Gasteiger partial charge in [0, 0.05) is 30.9 Å². The molecule has 0 aromatic carbocycles. The number of halogens is 1. The lowest BCUT2D eigenvalue weighted by atomic mass is 10.3. The van der Waals surface area contributed by atoms with E-state index in [0.29, 0.717) is 42.3 Å². The SMILES string of the molecule is CCOC(=O)c1nn(-c2nc(Cl)cc(N3CCOCC3)n2)cc1C. The normalized spacial score (nSPS) is 14.7. The van der Waals surface area contributed by atoms with Crippen LogP contribution in [0, 0.1) is 6.92 Å². The van der Waals surface area contributed by atoms with Crippen LogP contribution in [-0.4, -0.2) is 58.6 Å².